The van der Waals surface area contributed by atoms with Crippen molar-refractivity contribution in [3.05, 3.63) is 18.5 Å². The van der Waals surface area contributed by atoms with E-state index in [1.54, 1.807) is 11.8 Å². The van der Waals surface area contributed by atoms with Crippen LogP contribution in [0.3, 0.4) is 0 Å². The lowest BCUT2D eigenvalue weighted by Crippen LogP contribution is -1.95. The smallest absolute Gasteiger partial charge is 0.0274 e. The van der Waals surface area contributed by atoms with E-state index in [-0.39, 0.29) is 0 Å². The Morgan fingerprint density at radius 1 is 1.50 bits per heavy atom. The minimum absolute atomic E-state index is 0.584. The van der Waals surface area contributed by atoms with Crippen LogP contribution in [0.1, 0.15) is 19.9 Å². The van der Waals surface area contributed by atoms with Gasteiger partial charge in [0.15, 0.2) is 0 Å². The van der Waals surface area contributed by atoms with Gasteiger partial charge in [-0.15, -0.1) is 11.8 Å². The zero-order valence-electron chi connectivity index (χ0n) is 6.66. The van der Waals surface area contributed by atoms with Gasteiger partial charge in [-0.2, -0.15) is 0 Å². The molecule has 0 saturated heterocycles. The first kappa shape index (κ1) is 7.73. The Bertz CT molecular complexity index is 203. The summed E-state index contributed by atoms with van der Waals surface area (Å²) in [5.41, 5.74) is 0. The van der Waals surface area contributed by atoms with Crippen LogP contribution < -0.4 is 0 Å². The number of hydrogen-bond acceptors (Lipinski definition) is 1. The van der Waals surface area contributed by atoms with Crippen LogP contribution in [0.2, 0.25) is 0 Å². The minimum atomic E-state index is 0.584. The lowest BCUT2D eigenvalue weighted by atomic mass is 10.4. The molecule has 1 heterocycles. The van der Waals surface area contributed by atoms with Crippen molar-refractivity contribution in [2.24, 2.45) is 0 Å². The molecule has 1 aromatic heterocycles. The van der Waals surface area contributed by atoms with E-state index < -0.39 is 0 Å². The third kappa shape index (κ3) is 1.57. The van der Waals surface area contributed by atoms with Gasteiger partial charge in [0.1, 0.15) is 0 Å². The molecule has 0 aromatic carbocycles. The van der Waals surface area contributed by atoms with Crippen LogP contribution in [-0.4, -0.2) is 10.8 Å². The summed E-state index contributed by atoms with van der Waals surface area (Å²) in [5.74, 6) is 0. The number of aromatic nitrogens is 1. The third-order valence-corrected chi connectivity index (χ3v) is 2.23. The summed E-state index contributed by atoms with van der Waals surface area (Å²) < 4.78 is 2.21. The Labute approximate surface area is 66.4 Å². The lowest BCUT2D eigenvalue weighted by molar-refractivity contribution is 0.601. The summed E-state index contributed by atoms with van der Waals surface area (Å²) >= 11 is 1.79. The first-order chi connectivity index (χ1) is 4.74. The second kappa shape index (κ2) is 3.15. The average molecular weight is 155 g/mol. The van der Waals surface area contributed by atoms with Crippen LogP contribution >= 0.6 is 11.8 Å². The predicted molar refractivity (Wildman–Crippen MR) is 46.6 cm³/mol. The largest absolute Gasteiger partial charge is 0.351 e. The highest BCUT2D eigenvalue weighted by Gasteiger charge is 1.96. The minimum Gasteiger partial charge on any atom is -0.351 e. The molecule has 10 heavy (non-hydrogen) atoms. The maximum Gasteiger partial charge on any atom is 0.0274 e. The Hall–Kier alpha value is -0.370. The second-order valence-corrected chi connectivity index (χ2v) is 3.47. The fourth-order valence-corrected chi connectivity index (χ4v) is 1.26. The molecule has 0 bridgehead atoms. The van der Waals surface area contributed by atoms with E-state index in [1.807, 2.05) is 0 Å². The van der Waals surface area contributed by atoms with Crippen molar-refractivity contribution < 1.29 is 0 Å². The normalized spacial score (nSPS) is 10.8. The van der Waals surface area contributed by atoms with Gasteiger partial charge in [0, 0.05) is 23.3 Å². The summed E-state index contributed by atoms with van der Waals surface area (Å²) in [6.45, 7) is 4.37. The molecule has 1 aromatic rings. The predicted octanol–water partition coefficient (Wildman–Crippen LogP) is 2.79. The monoisotopic (exact) mass is 155 g/mol. The quantitative estimate of drug-likeness (QED) is 0.594. The fraction of sp³-hybridized carbons (Fsp3) is 0.500. The molecule has 0 saturated carbocycles. The summed E-state index contributed by atoms with van der Waals surface area (Å²) in [7, 11) is 0. The van der Waals surface area contributed by atoms with Crippen molar-refractivity contribution in [2.75, 3.05) is 6.26 Å². The molecule has 0 aliphatic rings. The highest BCUT2D eigenvalue weighted by atomic mass is 32.2. The molecule has 0 spiro atoms. The van der Waals surface area contributed by atoms with Crippen molar-refractivity contribution in [1.82, 2.24) is 4.57 Å². The van der Waals surface area contributed by atoms with Crippen molar-refractivity contribution in [1.29, 1.82) is 0 Å². The molecular formula is C8H13NS. The molecule has 0 aliphatic carbocycles. The maximum atomic E-state index is 2.21. The van der Waals surface area contributed by atoms with Crippen molar-refractivity contribution in [2.45, 2.75) is 24.8 Å². The Morgan fingerprint density at radius 2 is 2.20 bits per heavy atom. The third-order valence-electron chi connectivity index (χ3n) is 1.52. The molecule has 1 rings (SSSR count). The number of rotatable bonds is 2. The number of thioether (sulfide) groups is 1. The van der Waals surface area contributed by atoms with Crippen LogP contribution in [0.5, 0.6) is 0 Å². The zero-order valence-corrected chi connectivity index (χ0v) is 7.48. The molecule has 0 fully saturated rings. The molecule has 0 N–H and O–H groups in total. The van der Waals surface area contributed by atoms with E-state index >= 15 is 0 Å². The lowest BCUT2D eigenvalue weighted by Gasteiger charge is -2.04. The highest BCUT2D eigenvalue weighted by molar-refractivity contribution is 7.98. The van der Waals surface area contributed by atoms with Gasteiger partial charge in [-0.1, -0.05) is 0 Å². The SMILES string of the molecule is CSc1ccn(C(C)C)c1. The van der Waals surface area contributed by atoms with Crippen LogP contribution in [0.25, 0.3) is 0 Å². The summed E-state index contributed by atoms with van der Waals surface area (Å²) in [6.07, 6.45) is 6.39. The van der Waals surface area contributed by atoms with Gasteiger partial charge in [-0.25, -0.2) is 0 Å². The van der Waals surface area contributed by atoms with Crippen LogP contribution in [-0.2, 0) is 0 Å². The van der Waals surface area contributed by atoms with E-state index in [0.717, 1.165) is 0 Å². The first-order valence-electron chi connectivity index (χ1n) is 3.45. The summed E-state index contributed by atoms with van der Waals surface area (Å²) in [4.78, 5) is 1.34. The highest BCUT2D eigenvalue weighted by Crippen LogP contribution is 2.16. The molecule has 0 radical (unpaired) electrons. The number of nitrogens with zero attached hydrogens (tertiary/aromatic N) is 1. The van der Waals surface area contributed by atoms with Crippen molar-refractivity contribution in [3.63, 3.8) is 0 Å². The van der Waals surface area contributed by atoms with E-state index in [0.29, 0.717) is 6.04 Å². The van der Waals surface area contributed by atoms with Crippen molar-refractivity contribution >= 4 is 11.8 Å². The standard InChI is InChI=1S/C8H13NS/c1-7(2)9-5-4-8(6-9)10-3/h4-7H,1-3H3. The maximum absolute atomic E-state index is 2.21. The molecular weight excluding hydrogens is 142 g/mol. The topological polar surface area (TPSA) is 4.93 Å². The van der Waals surface area contributed by atoms with Gasteiger partial charge in [0.05, 0.1) is 0 Å². The van der Waals surface area contributed by atoms with E-state index in [9.17, 15) is 0 Å². The van der Waals surface area contributed by atoms with Crippen LogP contribution in [0.4, 0.5) is 0 Å². The molecule has 56 valence electrons. The Balaban J connectivity index is 2.78. The van der Waals surface area contributed by atoms with Gasteiger partial charge in [-0.05, 0) is 26.2 Å². The first-order valence-corrected chi connectivity index (χ1v) is 4.68. The molecule has 2 heteroatoms. The zero-order chi connectivity index (χ0) is 7.56. The number of hydrogen-bond donors (Lipinski definition) is 0. The van der Waals surface area contributed by atoms with Crippen LogP contribution in [0.15, 0.2) is 23.4 Å². The van der Waals surface area contributed by atoms with E-state index in [2.05, 4.69) is 43.1 Å². The summed E-state index contributed by atoms with van der Waals surface area (Å²) in [6, 6.07) is 2.73. The van der Waals surface area contributed by atoms with E-state index in [4.69, 9.17) is 0 Å². The summed E-state index contributed by atoms with van der Waals surface area (Å²) in [5, 5.41) is 0. The second-order valence-electron chi connectivity index (χ2n) is 2.59. The fourth-order valence-electron chi connectivity index (χ4n) is 0.834. The Morgan fingerprint density at radius 3 is 2.50 bits per heavy atom. The molecule has 0 aliphatic heterocycles. The van der Waals surface area contributed by atoms with Gasteiger partial charge in [0.2, 0.25) is 0 Å². The van der Waals surface area contributed by atoms with Gasteiger partial charge < -0.3 is 4.57 Å². The van der Waals surface area contributed by atoms with Gasteiger partial charge >= 0.3 is 0 Å². The molecule has 0 unspecified atom stereocenters. The Kier molecular flexibility index (Phi) is 2.44. The van der Waals surface area contributed by atoms with E-state index in [1.165, 1.54) is 4.90 Å². The molecule has 0 amide bonds. The van der Waals surface area contributed by atoms with Gasteiger partial charge in [-0.3, -0.25) is 0 Å². The van der Waals surface area contributed by atoms with Crippen molar-refractivity contribution in [3.8, 4) is 0 Å². The molecule has 1 nitrogen and oxygen atoms in total. The molecule has 0 atom stereocenters. The average Bonchev–Trinajstić information content (AvgIpc) is 2.34. The van der Waals surface area contributed by atoms with Gasteiger partial charge in [0.25, 0.3) is 0 Å². The van der Waals surface area contributed by atoms with Crippen LogP contribution in [0, 0.1) is 0 Å².